The number of rotatable bonds is 3. The Balaban J connectivity index is 1.53. The standard InChI is InChI=1S/C19H19N3O3/c1-13-11-22(12-18(25-13)14-6-3-2-4-7-14)19(23)16-10-15(20-21-16)17-8-5-9-24-17/h2-10,13,18H,11-12H2,1H3,(H,20,21). The van der Waals surface area contributed by atoms with Crippen molar-refractivity contribution in [3.8, 4) is 11.5 Å². The first-order valence-electron chi connectivity index (χ1n) is 8.29. The summed E-state index contributed by atoms with van der Waals surface area (Å²) in [7, 11) is 0. The number of benzene rings is 1. The zero-order chi connectivity index (χ0) is 17.2. The second-order valence-corrected chi connectivity index (χ2v) is 6.20. The molecule has 3 heterocycles. The molecule has 2 unspecified atom stereocenters. The Labute approximate surface area is 145 Å². The van der Waals surface area contributed by atoms with E-state index < -0.39 is 0 Å². The lowest BCUT2D eigenvalue weighted by molar-refractivity contribution is -0.0692. The Morgan fingerprint density at radius 3 is 2.80 bits per heavy atom. The Kier molecular flexibility index (Phi) is 4.11. The molecule has 1 aliphatic heterocycles. The molecular weight excluding hydrogens is 318 g/mol. The number of hydrogen-bond donors (Lipinski definition) is 1. The summed E-state index contributed by atoms with van der Waals surface area (Å²) in [6.45, 7) is 3.04. The number of nitrogens with zero attached hydrogens (tertiary/aromatic N) is 2. The van der Waals surface area contributed by atoms with Gasteiger partial charge in [0.05, 0.1) is 18.9 Å². The quantitative estimate of drug-likeness (QED) is 0.796. The highest BCUT2D eigenvalue weighted by molar-refractivity contribution is 5.93. The predicted molar refractivity (Wildman–Crippen MR) is 91.9 cm³/mol. The Morgan fingerprint density at radius 1 is 1.20 bits per heavy atom. The third-order valence-electron chi connectivity index (χ3n) is 4.30. The minimum atomic E-state index is -0.127. The van der Waals surface area contributed by atoms with Crippen LogP contribution in [0, 0.1) is 0 Å². The molecule has 0 saturated carbocycles. The average Bonchev–Trinajstić information content (AvgIpc) is 3.32. The number of carbonyl (C=O) groups excluding carboxylic acids is 1. The molecular formula is C19H19N3O3. The van der Waals surface area contributed by atoms with Gasteiger partial charge in [-0.1, -0.05) is 30.3 Å². The van der Waals surface area contributed by atoms with E-state index in [4.69, 9.17) is 9.15 Å². The zero-order valence-electron chi connectivity index (χ0n) is 13.9. The van der Waals surface area contributed by atoms with Crippen molar-refractivity contribution >= 4 is 5.91 Å². The highest BCUT2D eigenvalue weighted by Crippen LogP contribution is 2.26. The fourth-order valence-corrected chi connectivity index (χ4v) is 3.12. The number of hydrogen-bond acceptors (Lipinski definition) is 4. The molecule has 1 N–H and O–H groups in total. The summed E-state index contributed by atoms with van der Waals surface area (Å²) in [5.74, 6) is 0.550. The van der Waals surface area contributed by atoms with Crippen LogP contribution in [0.3, 0.4) is 0 Å². The van der Waals surface area contributed by atoms with Crippen molar-refractivity contribution in [1.29, 1.82) is 0 Å². The van der Waals surface area contributed by atoms with Crippen molar-refractivity contribution in [1.82, 2.24) is 15.1 Å². The minimum absolute atomic E-state index is 0.0357. The molecule has 1 aromatic carbocycles. The average molecular weight is 337 g/mol. The maximum atomic E-state index is 12.9. The molecule has 1 amide bonds. The van der Waals surface area contributed by atoms with E-state index >= 15 is 0 Å². The van der Waals surface area contributed by atoms with Crippen LogP contribution in [0.5, 0.6) is 0 Å². The first kappa shape index (κ1) is 15.7. The van der Waals surface area contributed by atoms with Gasteiger partial charge in [-0.25, -0.2) is 0 Å². The topological polar surface area (TPSA) is 71.4 Å². The number of morpholine rings is 1. The highest BCUT2D eigenvalue weighted by atomic mass is 16.5. The van der Waals surface area contributed by atoms with E-state index in [9.17, 15) is 4.79 Å². The lowest BCUT2D eigenvalue weighted by Crippen LogP contribution is -2.46. The van der Waals surface area contributed by atoms with Gasteiger partial charge in [0.25, 0.3) is 5.91 Å². The van der Waals surface area contributed by atoms with E-state index in [-0.39, 0.29) is 18.1 Å². The van der Waals surface area contributed by atoms with Crippen LogP contribution in [0.1, 0.15) is 29.1 Å². The number of nitrogens with one attached hydrogen (secondary N) is 1. The van der Waals surface area contributed by atoms with Gasteiger partial charge < -0.3 is 14.1 Å². The van der Waals surface area contributed by atoms with Crippen LogP contribution in [-0.2, 0) is 4.74 Å². The summed E-state index contributed by atoms with van der Waals surface area (Å²) in [6.07, 6.45) is 1.43. The van der Waals surface area contributed by atoms with Gasteiger partial charge in [0, 0.05) is 12.6 Å². The third kappa shape index (κ3) is 3.21. The van der Waals surface area contributed by atoms with Gasteiger partial charge in [0.1, 0.15) is 11.8 Å². The van der Waals surface area contributed by atoms with Crippen molar-refractivity contribution in [2.75, 3.05) is 13.1 Å². The molecule has 2 atom stereocenters. The number of furan rings is 1. The molecule has 1 aliphatic rings. The molecule has 0 bridgehead atoms. The summed E-state index contributed by atoms with van der Waals surface area (Å²) >= 11 is 0. The molecule has 3 aromatic rings. The first-order chi connectivity index (χ1) is 12.2. The smallest absolute Gasteiger partial charge is 0.274 e. The van der Waals surface area contributed by atoms with Crippen LogP contribution in [0.25, 0.3) is 11.5 Å². The van der Waals surface area contributed by atoms with E-state index in [2.05, 4.69) is 10.2 Å². The Hall–Kier alpha value is -2.86. The van der Waals surface area contributed by atoms with E-state index in [1.807, 2.05) is 43.3 Å². The molecule has 2 aromatic heterocycles. The monoisotopic (exact) mass is 337 g/mol. The van der Waals surface area contributed by atoms with Gasteiger partial charge in [-0.3, -0.25) is 9.89 Å². The molecule has 1 fully saturated rings. The van der Waals surface area contributed by atoms with Crippen molar-refractivity contribution in [2.24, 2.45) is 0 Å². The fourth-order valence-electron chi connectivity index (χ4n) is 3.12. The predicted octanol–water partition coefficient (Wildman–Crippen LogP) is 3.27. The number of aromatic amines is 1. The van der Waals surface area contributed by atoms with Crippen LogP contribution < -0.4 is 0 Å². The number of aromatic nitrogens is 2. The van der Waals surface area contributed by atoms with Crippen LogP contribution in [0.15, 0.2) is 59.2 Å². The SMILES string of the molecule is CC1CN(C(=O)c2cc(-c3ccco3)[nH]n2)CC(c2ccccc2)O1. The number of amides is 1. The van der Waals surface area contributed by atoms with Crippen molar-refractivity contribution < 1.29 is 13.9 Å². The Morgan fingerprint density at radius 2 is 2.04 bits per heavy atom. The lowest BCUT2D eigenvalue weighted by atomic mass is 10.1. The number of ether oxygens (including phenoxy) is 1. The second-order valence-electron chi connectivity index (χ2n) is 6.20. The minimum Gasteiger partial charge on any atom is -0.463 e. The molecule has 1 saturated heterocycles. The van der Waals surface area contributed by atoms with E-state index in [1.54, 1.807) is 23.3 Å². The van der Waals surface area contributed by atoms with Gasteiger partial charge >= 0.3 is 0 Å². The zero-order valence-corrected chi connectivity index (χ0v) is 13.9. The number of H-pyrrole nitrogens is 1. The van der Waals surface area contributed by atoms with Gasteiger partial charge in [0.2, 0.25) is 0 Å². The second kappa shape index (κ2) is 6.57. The van der Waals surface area contributed by atoms with Crippen molar-refractivity contribution in [3.63, 3.8) is 0 Å². The maximum absolute atomic E-state index is 12.9. The summed E-state index contributed by atoms with van der Waals surface area (Å²) in [4.78, 5) is 14.7. The maximum Gasteiger partial charge on any atom is 0.274 e. The molecule has 4 rings (SSSR count). The first-order valence-corrected chi connectivity index (χ1v) is 8.29. The highest BCUT2D eigenvalue weighted by Gasteiger charge is 2.31. The third-order valence-corrected chi connectivity index (χ3v) is 4.30. The van der Waals surface area contributed by atoms with Crippen molar-refractivity contribution in [2.45, 2.75) is 19.1 Å². The summed E-state index contributed by atoms with van der Waals surface area (Å²) in [6, 6.07) is 15.3. The van der Waals surface area contributed by atoms with Gasteiger partial charge in [0.15, 0.2) is 11.5 Å². The summed E-state index contributed by atoms with van der Waals surface area (Å²) < 4.78 is 11.3. The molecule has 6 nitrogen and oxygen atoms in total. The summed E-state index contributed by atoms with van der Waals surface area (Å²) in [5.41, 5.74) is 2.15. The molecule has 0 spiro atoms. The van der Waals surface area contributed by atoms with Crippen LogP contribution >= 0.6 is 0 Å². The van der Waals surface area contributed by atoms with Crippen LogP contribution in [-0.4, -0.2) is 40.2 Å². The van der Waals surface area contributed by atoms with Crippen LogP contribution in [0.4, 0.5) is 0 Å². The molecule has 25 heavy (non-hydrogen) atoms. The Bertz CT molecular complexity index is 842. The number of carbonyl (C=O) groups is 1. The molecule has 6 heteroatoms. The summed E-state index contributed by atoms with van der Waals surface area (Å²) in [5, 5.41) is 7.01. The van der Waals surface area contributed by atoms with Crippen molar-refractivity contribution in [3.05, 3.63) is 66.1 Å². The van der Waals surface area contributed by atoms with Gasteiger partial charge in [-0.05, 0) is 24.6 Å². The van der Waals surface area contributed by atoms with E-state index in [0.717, 1.165) is 5.56 Å². The van der Waals surface area contributed by atoms with E-state index in [1.165, 1.54) is 0 Å². The van der Waals surface area contributed by atoms with E-state index in [0.29, 0.717) is 30.2 Å². The van der Waals surface area contributed by atoms with Crippen LogP contribution in [0.2, 0.25) is 0 Å². The molecule has 0 aliphatic carbocycles. The lowest BCUT2D eigenvalue weighted by Gasteiger charge is -2.36. The van der Waals surface area contributed by atoms with Gasteiger partial charge in [-0.15, -0.1) is 0 Å². The molecule has 128 valence electrons. The normalized spacial score (nSPS) is 20.6. The fraction of sp³-hybridized carbons (Fsp3) is 0.263. The largest absolute Gasteiger partial charge is 0.463 e. The molecule has 0 radical (unpaired) electrons. The van der Waals surface area contributed by atoms with Gasteiger partial charge in [-0.2, -0.15) is 5.10 Å².